The maximum Gasteiger partial charge on any atom is 0.142 e. The van der Waals surface area contributed by atoms with Gasteiger partial charge in [-0.05, 0) is 18.2 Å². The molecule has 2 rings (SSSR count). The third-order valence-electron chi connectivity index (χ3n) is 3.84. The predicted octanol–water partition coefficient (Wildman–Crippen LogP) is 1.14. The standard InChI is InChI=1S/C14H18BrFN2O/c1-2-5-18-7-10(8-19)14(17,9-18)12-6-11(15)3-4-13(12)16/h2-4,6,10,19H,1,5,7-9,17H2/p+1/t10-,14-/m0/s1. The number of halogens is 2. The van der Waals surface area contributed by atoms with Gasteiger partial charge in [-0.2, -0.15) is 0 Å². The summed E-state index contributed by atoms with van der Waals surface area (Å²) >= 11 is 3.37. The Labute approximate surface area is 121 Å². The van der Waals surface area contributed by atoms with Gasteiger partial charge in [-0.25, -0.2) is 4.39 Å². The molecule has 1 aromatic rings. The number of rotatable bonds is 4. The van der Waals surface area contributed by atoms with E-state index >= 15 is 0 Å². The SMILES string of the molecule is C=CCN1C[C@@H](CO)[C@]([NH3+])(c2cc(Br)ccc2F)C1. The van der Waals surface area contributed by atoms with E-state index in [1.54, 1.807) is 12.1 Å². The lowest BCUT2D eigenvalue weighted by molar-refractivity contribution is -0.496. The summed E-state index contributed by atoms with van der Waals surface area (Å²) in [4.78, 5) is 2.14. The quantitative estimate of drug-likeness (QED) is 0.814. The molecule has 0 aliphatic carbocycles. The summed E-state index contributed by atoms with van der Waals surface area (Å²) in [6.45, 7) is 5.78. The number of nitrogens with zero attached hydrogens (tertiary/aromatic N) is 1. The van der Waals surface area contributed by atoms with Crippen LogP contribution < -0.4 is 5.73 Å². The zero-order valence-corrected chi connectivity index (χ0v) is 12.4. The van der Waals surface area contributed by atoms with Gasteiger partial charge in [0, 0.05) is 17.6 Å². The van der Waals surface area contributed by atoms with Gasteiger partial charge in [0.15, 0.2) is 0 Å². The van der Waals surface area contributed by atoms with Gasteiger partial charge < -0.3 is 10.8 Å². The van der Waals surface area contributed by atoms with E-state index in [1.165, 1.54) is 6.07 Å². The molecule has 0 bridgehead atoms. The van der Waals surface area contributed by atoms with Gasteiger partial charge in [0.2, 0.25) is 0 Å². The minimum absolute atomic E-state index is 0.00307. The van der Waals surface area contributed by atoms with Gasteiger partial charge >= 0.3 is 0 Å². The monoisotopic (exact) mass is 329 g/mol. The smallest absolute Gasteiger partial charge is 0.142 e. The first-order valence-electron chi connectivity index (χ1n) is 6.26. The van der Waals surface area contributed by atoms with E-state index in [4.69, 9.17) is 0 Å². The first-order valence-corrected chi connectivity index (χ1v) is 7.05. The van der Waals surface area contributed by atoms with Crippen molar-refractivity contribution in [3.8, 4) is 0 Å². The molecule has 104 valence electrons. The molecule has 0 spiro atoms. The van der Waals surface area contributed by atoms with Crippen LogP contribution in [-0.2, 0) is 5.54 Å². The molecule has 1 aliphatic heterocycles. The molecule has 3 nitrogen and oxygen atoms in total. The highest BCUT2D eigenvalue weighted by Gasteiger charge is 2.49. The summed E-state index contributed by atoms with van der Waals surface area (Å²) in [7, 11) is 0. The van der Waals surface area contributed by atoms with Gasteiger partial charge in [0.25, 0.3) is 0 Å². The van der Waals surface area contributed by atoms with Crippen molar-refractivity contribution >= 4 is 15.9 Å². The second-order valence-corrected chi connectivity index (χ2v) is 6.06. The van der Waals surface area contributed by atoms with Crippen molar-refractivity contribution in [1.29, 1.82) is 0 Å². The molecular weight excluding hydrogens is 311 g/mol. The highest BCUT2D eigenvalue weighted by molar-refractivity contribution is 9.10. The van der Waals surface area contributed by atoms with Crippen LogP contribution in [0.25, 0.3) is 0 Å². The van der Waals surface area contributed by atoms with E-state index in [1.807, 2.05) is 6.08 Å². The van der Waals surface area contributed by atoms with Crippen molar-refractivity contribution < 1.29 is 15.2 Å². The molecule has 0 unspecified atom stereocenters. The maximum atomic E-state index is 14.1. The zero-order valence-electron chi connectivity index (χ0n) is 10.8. The Morgan fingerprint density at radius 3 is 3.00 bits per heavy atom. The summed E-state index contributed by atoms with van der Waals surface area (Å²) in [5.74, 6) is -0.339. The largest absolute Gasteiger partial charge is 0.396 e. The van der Waals surface area contributed by atoms with E-state index in [0.717, 1.165) is 11.0 Å². The number of hydrogen-bond acceptors (Lipinski definition) is 2. The molecular formula is C14H19BrFN2O+. The Morgan fingerprint density at radius 2 is 2.37 bits per heavy atom. The normalized spacial score (nSPS) is 27.7. The maximum absolute atomic E-state index is 14.1. The van der Waals surface area contributed by atoms with Crippen LogP contribution in [0.1, 0.15) is 5.56 Å². The molecule has 19 heavy (non-hydrogen) atoms. The van der Waals surface area contributed by atoms with E-state index < -0.39 is 5.54 Å². The fourth-order valence-corrected chi connectivity index (χ4v) is 3.18. The number of hydrogen-bond donors (Lipinski definition) is 2. The van der Waals surface area contributed by atoms with E-state index in [0.29, 0.717) is 18.7 Å². The van der Waals surface area contributed by atoms with Crippen molar-refractivity contribution in [2.45, 2.75) is 5.54 Å². The second-order valence-electron chi connectivity index (χ2n) is 5.14. The van der Waals surface area contributed by atoms with Crippen molar-refractivity contribution in [3.05, 3.63) is 46.7 Å². The van der Waals surface area contributed by atoms with Crippen molar-refractivity contribution in [2.75, 3.05) is 26.2 Å². The van der Waals surface area contributed by atoms with Gasteiger partial charge in [0.1, 0.15) is 11.4 Å². The lowest BCUT2D eigenvalue weighted by Crippen LogP contribution is -2.74. The van der Waals surface area contributed by atoms with E-state index in [9.17, 15) is 9.50 Å². The number of aliphatic hydroxyl groups is 1. The summed E-state index contributed by atoms with van der Waals surface area (Å²) in [5.41, 5.74) is 4.17. The molecule has 5 heteroatoms. The van der Waals surface area contributed by atoms with Crippen molar-refractivity contribution in [2.24, 2.45) is 5.92 Å². The van der Waals surface area contributed by atoms with Crippen molar-refractivity contribution in [3.63, 3.8) is 0 Å². The van der Waals surface area contributed by atoms with Crippen LogP contribution in [0.15, 0.2) is 35.3 Å². The molecule has 1 fully saturated rings. The third-order valence-corrected chi connectivity index (χ3v) is 4.33. The number of likely N-dealkylation sites (tertiary alicyclic amines) is 1. The Kier molecular flexibility index (Phi) is 4.40. The first-order chi connectivity index (χ1) is 9.01. The van der Waals surface area contributed by atoms with Gasteiger partial charge in [-0.3, -0.25) is 4.90 Å². The zero-order chi connectivity index (χ0) is 14.0. The molecule has 0 radical (unpaired) electrons. The summed E-state index contributed by atoms with van der Waals surface area (Å²) < 4.78 is 14.9. The molecule has 1 heterocycles. The molecule has 0 saturated carbocycles. The second kappa shape index (κ2) is 5.71. The van der Waals surface area contributed by atoms with E-state index in [-0.39, 0.29) is 18.3 Å². The number of quaternary nitrogens is 1. The Balaban J connectivity index is 2.39. The van der Waals surface area contributed by atoms with Crippen molar-refractivity contribution in [1.82, 2.24) is 4.90 Å². The van der Waals surface area contributed by atoms with Crippen LogP contribution in [0, 0.1) is 11.7 Å². The lowest BCUT2D eigenvalue weighted by atomic mass is 9.81. The lowest BCUT2D eigenvalue weighted by Gasteiger charge is -2.26. The van der Waals surface area contributed by atoms with Crippen LogP contribution in [-0.4, -0.2) is 36.2 Å². The average Bonchev–Trinajstić information content (AvgIpc) is 2.70. The predicted molar refractivity (Wildman–Crippen MR) is 75.9 cm³/mol. The molecule has 1 aliphatic rings. The Bertz CT molecular complexity index is 483. The van der Waals surface area contributed by atoms with Gasteiger partial charge in [-0.15, -0.1) is 6.58 Å². The summed E-state index contributed by atoms with van der Waals surface area (Å²) in [5, 5.41) is 9.58. The minimum Gasteiger partial charge on any atom is -0.396 e. The average molecular weight is 330 g/mol. The first kappa shape index (κ1) is 14.7. The van der Waals surface area contributed by atoms with Gasteiger partial charge in [0.05, 0.1) is 24.6 Å². The third kappa shape index (κ3) is 2.74. The van der Waals surface area contributed by atoms with Crippen LogP contribution in [0.4, 0.5) is 4.39 Å². The van der Waals surface area contributed by atoms with Crippen LogP contribution in [0.3, 0.4) is 0 Å². The van der Waals surface area contributed by atoms with Crippen LogP contribution in [0.5, 0.6) is 0 Å². The molecule has 0 aromatic heterocycles. The number of benzene rings is 1. The number of aliphatic hydroxyl groups excluding tert-OH is 1. The van der Waals surface area contributed by atoms with Gasteiger partial charge in [-0.1, -0.05) is 22.0 Å². The highest BCUT2D eigenvalue weighted by atomic mass is 79.9. The van der Waals surface area contributed by atoms with Crippen LogP contribution in [0.2, 0.25) is 0 Å². The van der Waals surface area contributed by atoms with Crippen LogP contribution >= 0.6 is 15.9 Å². The molecule has 0 amide bonds. The Morgan fingerprint density at radius 1 is 1.63 bits per heavy atom. The molecule has 4 N–H and O–H groups in total. The molecule has 1 aromatic carbocycles. The molecule has 1 saturated heterocycles. The minimum atomic E-state index is -0.619. The summed E-state index contributed by atoms with van der Waals surface area (Å²) in [6.07, 6.45) is 1.82. The Hall–Kier alpha value is -0.750. The fraction of sp³-hybridized carbons (Fsp3) is 0.429. The highest BCUT2D eigenvalue weighted by Crippen LogP contribution is 2.35. The molecule has 2 atom stereocenters. The van der Waals surface area contributed by atoms with E-state index in [2.05, 4.69) is 33.1 Å². The summed E-state index contributed by atoms with van der Waals surface area (Å²) in [6, 6.07) is 4.88. The fourth-order valence-electron chi connectivity index (χ4n) is 2.82. The topological polar surface area (TPSA) is 51.1 Å².